The lowest BCUT2D eigenvalue weighted by Crippen LogP contribution is -2.52. The maximum atomic E-state index is 12.6. The van der Waals surface area contributed by atoms with E-state index in [-0.39, 0.29) is 36.3 Å². The lowest BCUT2D eigenvalue weighted by atomic mass is 10.1. The standard InChI is InChI=1S/C16H20N4O2.ClH/c1-11-10-17-7-8-20(11)15(21)9-14-12-5-3-4-6-13(12)16(22)19(2)18-14;/h3-6,11,17H,7-10H2,1-2H3;1H. The Bertz CT molecular complexity index is 774. The Morgan fingerprint density at radius 1 is 1.35 bits per heavy atom. The third-order valence-electron chi connectivity index (χ3n) is 4.17. The number of nitrogens with zero attached hydrogens (tertiary/aromatic N) is 3. The minimum Gasteiger partial charge on any atom is -0.337 e. The molecule has 1 aromatic heterocycles. The molecule has 0 aliphatic carbocycles. The monoisotopic (exact) mass is 336 g/mol. The largest absolute Gasteiger partial charge is 0.337 e. The van der Waals surface area contributed by atoms with E-state index in [1.54, 1.807) is 13.1 Å². The van der Waals surface area contributed by atoms with E-state index < -0.39 is 0 Å². The van der Waals surface area contributed by atoms with Gasteiger partial charge in [0.05, 0.1) is 17.5 Å². The van der Waals surface area contributed by atoms with Crippen LogP contribution in [-0.2, 0) is 18.3 Å². The van der Waals surface area contributed by atoms with Crippen molar-refractivity contribution in [1.29, 1.82) is 0 Å². The number of nitrogens with one attached hydrogen (secondary N) is 1. The van der Waals surface area contributed by atoms with Gasteiger partial charge in [0.1, 0.15) is 0 Å². The lowest BCUT2D eigenvalue weighted by Gasteiger charge is -2.34. The molecule has 1 saturated heterocycles. The number of carbonyl (C=O) groups excluding carboxylic acids is 1. The summed E-state index contributed by atoms with van der Waals surface area (Å²) >= 11 is 0. The molecule has 0 spiro atoms. The van der Waals surface area contributed by atoms with Crippen molar-refractivity contribution < 1.29 is 4.79 Å². The number of hydrogen-bond acceptors (Lipinski definition) is 4. The van der Waals surface area contributed by atoms with E-state index in [4.69, 9.17) is 0 Å². The topological polar surface area (TPSA) is 67.2 Å². The predicted octanol–water partition coefficient (Wildman–Crippen LogP) is 0.718. The smallest absolute Gasteiger partial charge is 0.274 e. The van der Waals surface area contributed by atoms with Crippen LogP contribution in [-0.4, -0.2) is 46.3 Å². The molecule has 6 nitrogen and oxygen atoms in total. The second-order valence-electron chi connectivity index (χ2n) is 5.74. The van der Waals surface area contributed by atoms with Gasteiger partial charge in [-0.1, -0.05) is 18.2 Å². The van der Waals surface area contributed by atoms with Crippen molar-refractivity contribution in [1.82, 2.24) is 20.0 Å². The molecule has 124 valence electrons. The fourth-order valence-corrected chi connectivity index (χ4v) is 2.96. The first-order chi connectivity index (χ1) is 10.6. The van der Waals surface area contributed by atoms with Gasteiger partial charge in [0.15, 0.2) is 0 Å². The van der Waals surface area contributed by atoms with E-state index in [1.807, 2.05) is 30.0 Å². The predicted molar refractivity (Wildman–Crippen MR) is 92.0 cm³/mol. The van der Waals surface area contributed by atoms with Crippen molar-refractivity contribution in [2.45, 2.75) is 19.4 Å². The van der Waals surface area contributed by atoms with Crippen LogP contribution in [0.25, 0.3) is 10.8 Å². The van der Waals surface area contributed by atoms with Crippen LogP contribution in [0.3, 0.4) is 0 Å². The van der Waals surface area contributed by atoms with Gasteiger partial charge in [0.25, 0.3) is 5.56 Å². The molecule has 1 N–H and O–H groups in total. The Hall–Kier alpha value is -1.92. The average molecular weight is 337 g/mol. The first kappa shape index (κ1) is 17.4. The summed E-state index contributed by atoms with van der Waals surface area (Å²) in [5, 5.41) is 8.95. The maximum Gasteiger partial charge on any atom is 0.274 e. The van der Waals surface area contributed by atoms with E-state index in [9.17, 15) is 9.59 Å². The molecule has 1 atom stereocenters. The number of halogens is 1. The molecule has 1 unspecified atom stereocenters. The first-order valence-electron chi connectivity index (χ1n) is 7.53. The summed E-state index contributed by atoms with van der Waals surface area (Å²) < 4.78 is 1.31. The van der Waals surface area contributed by atoms with Gasteiger partial charge in [-0.2, -0.15) is 5.10 Å². The Morgan fingerprint density at radius 3 is 2.74 bits per heavy atom. The van der Waals surface area contributed by atoms with Crippen LogP contribution >= 0.6 is 12.4 Å². The molecule has 3 rings (SSSR count). The van der Waals surface area contributed by atoms with Crippen molar-refractivity contribution in [3.8, 4) is 0 Å². The van der Waals surface area contributed by atoms with Crippen molar-refractivity contribution in [2.24, 2.45) is 7.05 Å². The third kappa shape index (κ3) is 3.38. The lowest BCUT2D eigenvalue weighted by molar-refractivity contribution is -0.133. The Morgan fingerprint density at radius 2 is 2.04 bits per heavy atom. The highest BCUT2D eigenvalue weighted by atomic mass is 35.5. The summed E-state index contributed by atoms with van der Waals surface area (Å²) in [7, 11) is 1.62. The average Bonchev–Trinajstić information content (AvgIpc) is 2.52. The van der Waals surface area contributed by atoms with Crippen LogP contribution in [0, 0.1) is 0 Å². The number of aryl methyl sites for hydroxylation is 1. The Labute approximate surface area is 140 Å². The van der Waals surface area contributed by atoms with Gasteiger partial charge in [-0.25, -0.2) is 4.68 Å². The third-order valence-corrected chi connectivity index (χ3v) is 4.17. The second kappa shape index (κ2) is 7.10. The highest BCUT2D eigenvalue weighted by molar-refractivity contribution is 5.88. The summed E-state index contributed by atoms with van der Waals surface area (Å²) in [5.74, 6) is 0.0605. The highest BCUT2D eigenvalue weighted by Gasteiger charge is 2.24. The van der Waals surface area contributed by atoms with Crippen LogP contribution in [0.2, 0.25) is 0 Å². The summed E-state index contributed by atoms with van der Waals surface area (Å²) in [5.41, 5.74) is 0.524. The molecule has 1 amide bonds. The molecule has 0 radical (unpaired) electrons. The molecule has 1 aromatic carbocycles. The molecule has 2 heterocycles. The minimum atomic E-state index is -0.137. The van der Waals surface area contributed by atoms with Crippen LogP contribution in [0.1, 0.15) is 12.6 Å². The van der Waals surface area contributed by atoms with E-state index in [0.717, 1.165) is 18.5 Å². The van der Waals surface area contributed by atoms with E-state index in [0.29, 0.717) is 17.6 Å². The molecule has 7 heteroatoms. The zero-order valence-corrected chi connectivity index (χ0v) is 14.1. The number of carbonyl (C=O) groups is 1. The normalized spacial score (nSPS) is 17.8. The Balaban J connectivity index is 0.00000192. The quantitative estimate of drug-likeness (QED) is 0.877. The number of aromatic nitrogens is 2. The van der Waals surface area contributed by atoms with E-state index in [1.165, 1.54) is 4.68 Å². The molecular weight excluding hydrogens is 316 g/mol. The number of rotatable bonds is 2. The van der Waals surface area contributed by atoms with Crippen LogP contribution in [0.15, 0.2) is 29.1 Å². The van der Waals surface area contributed by atoms with Gasteiger partial charge < -0.3 is 10.2 Å². The van der Waals surface area contributed by atoms with Gasteiger partial charge in [-0.15, -0.1) is 12.4 Å². The van der Waals surface area contributed by atoms with Crippen molar-refractivity contribution in [3.63, 3.8) is 0 Å². The highest BCUT2D eigenvalue weighted by Crippen LogP contribution is 2.15. The van der Waals surface area contributed by atoms with Gasteiger partial charge in [0.2, 0.25) is 5.91 Å². The zero-order chi connectivity index (χ0) is 15.7. The molecule has 23 heavy (non-hydrogen) atoms. The molecule has 1 aliphatic heterocycles. The molecule has 2 aromatic rings. The first-order valence-corrected chi connectivity index (χ1v) is 7.53. The van der Waals surface area contributed by atoms with E-state index in [2.05, 4.69) is 10.4 Å². The van der Waals surface area contributed by atoms with Gasteiger partial charge in [-0.3, -0.25) is 9.59 Å². The molecule has 1 fully saturated rings. The summed E-state index contributed by atoms with van der Waals surface area (Å²) in [6, 6.07) is 7.51. The van der Waals surface area contributed by atoms with Gasteiger partial charge >= 0.3 is 0 Å². The molecule has 1 aliphatic rings. The fraction of sp³-hybridized carbons (Fsp3) is 0.438. The molecule has 0 bridgehead atoms. The van der Waals surface area contributed by atoms with Crippen LogP contribution in [0.5, 0.6) is 0 Å². The summed E-state index contributed by atoms with van der Waals surface area (Å²) in [6.45, 7) is 4.38. The number of hydrogen-bond donors (Lipinski definition) is 1. The van der Waals surface area contributed by atoms with Crippen molar-refractivity contribution >= 4 is 29.1 Å². The van der Waals surface area contributed by atoms with Crippen LogP contribution < -0.4 is 10.9 Å². The minimum absolute atomic E-state index is 0. The Kier molecular flexibility index (Phi) is 5.38. The van der Waals surface area contributed by atoms with Crippen molar-refractivity contribution in [3.05, 3.63) is 40.3 Å². The number of piperazine rings is 1. The van der Waals surface area contributed by atoms with Gasteiger partial charge in [0, 0.05) is 38.1 Å². The van der Waals surface area contributed by atoms with Crippen molar-refractivity contribution in [2.75, 3.05) is 19.6 Å². The fourth-order valence-electron chi connectivity index (χ4n) is 2.96. The van der Waals surface area contributed by atoms with Gasteiger partial charge in [-0.05, 0) is 13.0 Å². The number of amides is 1. The summed E-state index contributed by atoms with van der Waals surface area (Å²) in [6.07, 6.45) is 0.221. The SMILES string of the molecule is CC1CNCCN1C(=O)Cc1nn(C)c(=O)c2ccccc12.Cl. The second-order valence-corrected chi connectivity index (χ2v) is 5.74. The molecule has 0 saturated carbocycles. The van der Waals surface area contributed by atoms with Crippen LogP contribution in [0.4, 0.5) is 0 Å². The zero-order valence-electron chi connectivity index (χ0n) is 13.3. The summed E-state index contributed by atoms with van der Waals surface area (Å²) in [4.78, 5) is 26.6. The number of benzene rings is 1. The number of fused-ring (bicyclic) bond motifs is 1. The van der Waals surface area contributed by atoms with E-state index >= 15 is 0 Å². The molecular formula is C16H21ClN4O2. The maximum absolute atomic E-state index is 12.6.